The smallest absolute Gasteiger partial charge is 0.306 e. The van der Waals surface area contributed by atoms with E-state index in [1.807, 2.05) is 30.3 Å². The van der Waals surface area contributed by atoms with E-state index in [0.29, 0.717) is 31.8 Å². The highest BCUT2D eigenvalue weighted by molar-refractivity contribution is 5.70. The van der Waals surface area contributed by atoms with Crippen LogP contribution in [0.5, 0.6) is 5.75 Å². The average molecular weight is 313 g/mol. The van der Waals surface area contributed by atoms with Crippen LogP contribution in [-0.4, -0.2) is 41.2 Å². The number of ether oxygens (including phenoxy) is 1. The Hall–Kier alpha value is -2.63. The number of aliphatic carboxylic acids is 1. The number of benzene rings is 1. The second kappa shape index (κ2) is 6.64. The lowest BCUT2D eigenvalue weighted by molar-refractivity contribution is -0.142. The summed E-state index contributed by atoms with van der Waals surface area (Å²) in [5.74, 6) is 1.29. The van der Waals surface area contributed by atoms with Gasteiger partial charge in [0.1, 0.15) is 11.6 Å². The zero-order chi connectivity index (χ0) is 16.2. The van der Waals surface area contributed by atoms with E-state index in [2.05, 4.69) is 14.9 Å². The molecule has 0 aliphatic carbocycles. The molecule has 2 aromatic rings. The molecule has 0 bridgehead atoms. The van der Waals surface area contributed by atoms with Crippen LogP contribution in [0.25, 0.3) is 11.4 Å². The summed E-state index contributed by atoms with van der Waals surface area (Å²) >= 11 is 0. The van der Waals surface area contributed by atoms with E-state index in [1.54, 1.807) is 13.3 Å². The molecule has 1 N–H and O–H groups in total. The molecular weight excluding hydrogens is 294 g/mol. The molecular formula is C17H19N3O3. The molecule has 0 radical (unpaired) electrons. The van der Waals surface area contributed by atoms with E-state index in [1.165, 1.54) is 0 Å². The monoisotopic (exact) mass is 313 g/mol. The second-order valence-corrected chi connectivity index (χ2v) is 5.57. The number of piperidine rings is 1. The molecule has 0 amide bonds. The molecule has 2 heterocycles. The molecule has 1 aliphatic heterocycles. The number of methoxy groups -OCH3 is 1. The predicted molar refractivity (Wildman–Crippen MR) is 86.6 cm³/mol. The van der Waals surface area contributed by atoms with Gasteiger partial charge < -0.3 is 14.7 Å². The summed E-state index contributed by atoms with van der Waals surface area (Å²) in [7, 11) is 1.63. The minimum atomic E-state index is -0.704. The molecule has 3 rings (SSSR count). The van der Waals surface area contributed by atoms with Gasteiger partial charge in [0.15, 0.2) is 5.82 Å². The SMILES string of the molecule is COc1cccc(-c2nccc(N3CCC(C(=O)O)CC3)n2)c1. The van der Waals surface area contributed by atoms with E-state index in [4.69, 9.17) is 9.84 Å². The standard InChI is InChI=1S/C17H19N3O3/c1-23-14-4-2-3-13(11-14)16-18-8-5-15(19-16)20-9-6-12(7-10-20)17(21)22/h2-5,8,11-12H,6-7,9-10H2,1H3,(H,21,22). The van der Waals surface area contributed by atoms with E-state index in [-0.39, 0.29) is 5.92 Å². The summed E-state index contributed by atoms with van der Waals surface area (Å²) < 4.78 is 5.24. The normalized spacial score (nSPS) is 15.4. The molecule has 0 unspecified atom stereocenters. The highest BCUT2D eigenvalue weighted by Crippen LogP contribution is 2.25. The highest BCUT2D eigenvalue weighted by atomic mass is 16.5. The summed E-state index contributed by atoms with van der Waals surface area (Å²) in [5, 5.41) is 9.08. The molecule has 1 fully saturated rings. The fourth-order valence-corrected chi connectivity index (χ4v) is 2.78. The predicted octanol–water partition coefficient (Wildman–Crippen LogP) is 2.45. The molecule has 23 heavy (non-hydrogen) atoms. The van der Waals surface area contributed by atoms with Crippen molar-refractivity contribution in [2.75, 3.05) is 25.1 Å². The van der Waals surface area contributed by atoms with Crippen molar-refractivity contribution in [1.82, 2.24) is 9.97 Å². The van der Waals surface area contributed by atoms with Gasteiger partial charge in [-0.3, -0.25) is 4.79 Å². The number of carbonyl (C=O) groups is 1. The number of carboxylic acid groups (broad SMARTS) is 1. The molecule has 0 atom stereocenters. The van der Waals surface area contributed by atoms with Gasteiger partial charge in [0.25, 0.3) is 0 Å². The van der Waals surface area contributed by atoms with Crippen LogP contribution in [0.1, 0.15) is 12.8 Å². The highest BCUT2D eigenvalue weighted by Gasteiger charge is 2.25. The minimum absolute atomic E-state index is 0.244. The van der Waals surface area contributed by atoms with Crippen molar-refractivity contribution in [2.24, 2.45) is 5.92 Å². The Morgan fingerprint density at radius 3 is 2.78 bits per heavy atom. The summed E-state index contributed by atoms with van der Waals surface area (Å²) in [6.45, 7) is 1.40. The van der Waals surface area contributed by atoms with Crippen molar-refractivity contribution in [3.8, 4) is 17.1 Å². The summed E-state index contributed by atoms with van der Waals surface area (Å²) in [6.07, 6.45) is 3.03. The van der Waals surface area contributed by atoms with Crippen molar-refractivity contribution in [2.45, 2.75) is 12.8 Å². The average Bonchev–Trinajstić information content (AvgIpc) is 2.62. The molecule has 6 nitrogen and oxygen atoms in total. The van der Waals surface area contributed by atoms with Gasteiger partial charge in [-0.25, -0.2) is 9.97 Å². The van der Waals surface area contributed by atoms with Crippen LogP contribution >= 0.6 is 0 Å². The minimum Gasteiger partial charge on any atom is -0.497 e. The number of anilines is 1. The molecule has 120 valence electrons. The summed E-state index contributed by atoms with van der Waals surface area (Å²) in [6, 6.07) is 9.49. The number of rotatable bonds is 4. The van der Waals surface area contributed by atoms with E-state index in [0.717, 1.165) is 17.1 Å². The molecule has 1 aromatic carbocycles. The molecule has 0 saturated carbocycles. The van der Waals surface area contributed by atoms with Crippen LogP contribution in [0.4, 0.5) is 5.82 Å². The fourth-order valence-electron chi connectivity index (χ4n) is 2.78. The topological polar surface area (TPSA) is 75.5 Å². The second-order valence-electron chi connectivity index (χ2n) is 5.57. The molecule has 1 saturated heterocycles. The maximum atomic E-state index is 11.0. The lowest BCUT2D eigenvalue weighted by atomic mass is 9.97. The summed E-state index contributed by atoms with van der Waals surface area (Å²) in [4.78, 5) is 22.1. The van der Waals surface area contributed by atoms with Gasteiger partial charge in [-0.15, -0.1) is 0 Å². The van der Waals surface area contributed by atoms with E-state index >= 15 is 0 Å². The number of carboxylic acids is 1. The molecule has 1 aliphatic rings. The Kier molecular flexibility index (Phi) is 4.41. The first-order valence-corrected chi connectivity index (χ1v) is 7.62. The van der Waals surface area contributed by atoms with Gasteiger partial charge in [-0.05, 0) is 31.0 Å². The van der Waals surface area contributed by atoms with Gasteiger partial charge in [0.2, 0.25) is 0 Å². The molecule has 1 aromatic heterocycles. The Morgan fingerprint density at radius 2 is 2.09 bits per heavy atom. The Morgan fingerprint density at radius 1 is 1.30 bits per heavy atom. The van der Waals surface area contributed by atoms with Crippen molar-refractivity contribution in [3.05, 3.63) is 36.5 Å². The quantitative estimate of drug-likeness (QED) is 0.934. The van der Waals surface area contributed by atoms with Crippen molar-refractivity contribution in [3.63, 3.8) is 0 Å². The van der Waals surface area contributed by atoms with Gasteiger partial charge >= 0.3 is 5.97 Å². The number of hydrogen-bond donors (Lipinski definition) is 1. The van der Waals surface area contributed by atoms with Crippen molar-refractivity contribution in [1.29, 1.82) is 0 Å². The summed E-state index contributed by atoms with van der Waals surface area (Å²) in [5.41, 5.74) is 0.895. The zero-order valence-corrected chi connectivity index (χ0v) is 13.0. The lowest BCUT2D eigenvalue weighted by Crippen LogP contribution is -2.36. The Bertz CT molecular complexity index is 697. The van der Waals surface area contributed by atoms with Crippen LogP contribution < -0.4 is 9.64 Å². The Labute approximate surface area is 134 Å². The number of hydrogen-bond acceptors (Lipinski definition) is 5. The number of aromatic nitrogens is 2. The van der Waals surface area contributed by atoms with Crippen LogP contribution in [0.15, 0.2) is 36.5 Å². The van der Waals surface area contributed by atoms with Crippen LogP contribution in [0, 0.1) is 5.92 Å². The maximum Gasteiger partial charge on any atom is 0.306 e. The van der Waals surface area contributed by atoms with Crippen LogP contribution in [0.3, 0.4) is 0 Å². The first kappa shape index (κ1) is 15.3. The fraction of sp³-hybridized carbons (Fsp3) is 0.353. The third-order valence-electron chi connectivity index (χ3n) is 4.14. The van der Waals surface area contributed by atoms with E-state index in [9.17, 15) is 4.79 Å². The van der Waals surface area contributed by atoms with Crippen LogP contribution in [-0.2, 0) is 4.79 Å². The van der Waals surface area contributed by atoms with Gasteiger partial charge in [0.05, 0.1) is 13.0 Å². The molecule has 6 heteroatoms. The first-order valence-electron chi connectivity index (χ1n) is 7.62. The maximum absolute atomic E-state index is 11.0. The van der Waals surface area contributed by atoms with Gasteiger partial charge in [-0.1, -0.05) is 12.1 Å². The van der Waals surface area contributed by atoms with Crippen molar-refractivity contribution >= 4 is 11.8 Å². The van der Waals surface area contributed by atoms with E-state index < -0.39 is 5.97 Å². The zero-order valence-electron chi connectivity index (χ0n) is 13.0. The third-order valence-corrected chi connectivity index (χ3v) is 4.14. The van der Waals surface area contributed by atoms with Gasteiger partial charge in [0, 0.05) is 24.8 Å². The van der Waals surface area contributed by atoms with Crippen LogP contribution in [0.2, 0.25) is 0 Å². The largest absolute Gasteiger partial charge is 0.497 e. The number of nitrogens with zero attached hydrogens (tertiary/aromatic N) is 3. The van der Waals surface area contributed by atoms with Crippen molar-refractivity contribution < 1.29 is 14.6 Å². The molecule has 0 spiro atoms. The first-order chi connectivity index (χ1) is 11.2. The lowest BCUT2D eigenvalue weighted by Gasteiger charge is -2.31. The Balaban J connectivity index is 1.79. The van der Waals surface area contributed by atoms with Gasteiger partial charge in [-0.2, -0.15) is 0 Å². The third kappa shape index (κ3) is 3.41.